The van der Waals surface area contributed by atoms with Crippen molar-refractivity contribution in [3.63, 3.8) is 0 Å². The zero-order valence-electron chi connectivity index (χ0n) is 13.3. The maximum atomic E-state index is 12.4. The van der Waals surface area contributed by atoms with Gasteiger partial charge < -0.3 is 10.2 Å². The van der Waals surface area contributed by atoms with E-state index in [9.17, 15) is 9.59 Å². The zero-order valence-corrected chi connectivity index (χ0v) is 13.3. The van der Waals surface area contributed by atoms with E-state index in [0.29, 0.717) is 13.0 Å². The molecular formula is C15H24N4O2. The molecular weight excluding hydrogens is 268 g/mol. The van der Waals surface area contributed by atoms with Crippen molar-refractivity contribution in [1.82, 2.24) is 14.7 Å². The molecule has 6 heteroatoms. The summed E-state index contributed by atoms with van der Waals surface area (Å²) < 4.78 is 1.91. The van der Waals surface area contributed by atoms with Crippen molar-refractivity contribution in [3.05, 3.63) is 11.4 Å². The van der Waals surface area contributed by atoms with E-state index in [1.54, 1.807) is 11.8 Å². The average Bonchev–Trinajstić information content (AvgIpc) is 2.97. The number of hydrogen-bond donors (Lipinski definition) is 1. The van der Waals surface area contributed by atoms with Gasteiger partial charge in [-0.3, -0.25) is 14.3 Å². The summed E-state index contributed by atoms with van der Waals surface area (Å²) >= 11 is 0. The summed E-state index contributed by atoms with van der Waals surface area (Å²) in [7, 11) is 0. The lowest BCUT2D eigenvalue weighted by Gasteiger charge is -2.23. The van der Waals surface area contributed by atoms with Gasteiger partial charge in [-0.2, -0.15) is 5.10 Å². The molecule has 1 fully saturated rings. The van der Waals surface area contributed by atoms with Crippen LogP contribution < -0.4 is 5.32 Å². The van der Waals surface area contributed by atoms with Crippen LogP contribution in [0.4, 0.5) is 5.69 Å². The molecule has 1 aromatic heterocycles. The van der Waals surface area contributed by atoms with Crippen molar-refractivity contribution >= 4 is 17.5 Å². The van der Waals surface area contributed by atoms with E-state index in [0.717, 1.165) is 36.5 Å². The number of amides is 2. The van der Waals surface area contributed by atoms with Gasteiger partial charge >= 0.3 is 0 Å². The smallest absolute Gasteiger partial charge is 0.246 e. The first-order valence-electron chi connectivity index (χ1n) is 7.60. The maximum Gasteiger partial charge on any atom is 0.246 e. The summed E-state index contributed by atoms with van der Waals surface area (Å²) in [6.07, 6.45) is 2.38. The SMILES string of the molecule is CCCn1nc(C)c(NC(=O)C(C)N2CCCC2=O)c1C. The van der Waals surface area contributed by atoms with Crippen molar-refractivity contribution in [1.29, 1.82) is 0 Å². The Bertz CT molecular complexity index is 550. The fraction of sp³-hybridized carbons (Fsp3) is 0.667. The van der Waals surface area contributed by atoms with Crippen molar-refractivity contribution < 1.29 is 9.59 Å². The number of carbonyl (C=O) groups excluding carboxylic acids is 2. The Kier molecular flexibility index (Phi) is 4.65. The highest BCUT2D eigenvalue weighted by Gasteiger charge is 2.30. The average molecular weight is 292 g/mol. The van der Waals surface area contributed by atoms with Crippen LogP contribution in [0.5, 0.6) is 0 Å². The largest absolute Gasteiger partial charge is 0.331 e. The van der Waals surface area contributed by atoms with Crippen LogP contribution in [0.2, 0.25) is 0 Å². The van der Waals surface area contributed by atoms with Gasteiger partial charge in [0.1, 0.15) is 6.04 Å². The van der Waals surface area contributed by atoms with Gasteiger partial charge in [0.15, 0.2) is 0 Å². The second-order valence-electron chi connectivity index (χ2n) is 5.62. The van der Waals surface area contributed by atoms with Crippen molar-refractivity contribution in [2.75, 3.05) is 11.9 Å². The lowest BCUT2D eigenvalue weighted by molar-refractivity contribution is -0.134. The van der Waals surface area contributed by atoms with Crippen LogP contribution >= 0.6 is 0 Å². The molecule has 1 N–H and O–H groups in total. The highest BCUT2D eigenvalue weighted by atomic mass is 16.2. The molecule has 116 valence electrons. The van der Waals surface area contributed by atoms with Gasteiger partial charge in [0.2, 0.25) is 11.8 Å². The lowest BCUT2D eigenvalue weighted by Crippen LogP contribution is -2.42. The molecule has 1 aliphatic heterocycles. The Balaban J connectivity index is 2.10. The molecule has 6 nitrogen and oxygen atoms in total. The summed E-state index contributed by atoms with van der Waals surface area (Å²) in [6.45, 7) is 9.22. The fourth-order valence-corrected chi connectivity index (χ4v) is 2.76. The van der Waals surface area contributed by atoms with Gasteiger partial charge in [-0.1, -0.05) is 6.92 Å². The van der Waals surface area contributed by atoms with Crippen LogP contribution in [0.25, 0.3) is 0 Å². The monoisotopic (exact) mass is 292 g/mol. The summed E-state index contributed by atoms with van der Waals surface area (Å²) in [5.74, 6) is -0.0831. The molecule has 1 aromatic rings. The van der Waals surface area contributed by atoms with Crippen LogP contribution in [0.15, 0.2) is 0 Å². The van der Waals surface area contributed by atoms with E-state index >= 15 is 0 Å². The highest BCUT2D eigenvalue weighted by Crippen LogP contribution is 2.21. The third-order valence-corrected chi connectivity index (χ3v) is 4.02. The molecule has 1 unspecified atom stereocenters. The van der Waals surface area contributed by atoms with Crippen molar-refractivity contribution in [2.45, 2.75) is 59.5 Å². The minimum absolute atomic E-state index is 0.0628. The van der Waals surface area contributed by atoms with Crippen LogP contribution in [0.1, 0.15) is 44.5 Å². The normalized spacial score (nSPS) is 16.4. The number of anilines is 1. The van der Waals surface area contributed by atoms with Gasteiger partial charge in [0.05, 0.1) is 17.1 Å². The molecule has 0 saturated carbocycles. The van der Waals surface area contributed by atoms with Crippen molar-refractivity contribution in [2.24, 2.45) is 0 Å². The first kappa shape index (κ1) is 15.5. The van der Waals surface area contributed by atoms with E-state index in [1.165, 1.54) is 0 Å². The number of likely N-dealkylation sites (tertiary alicyclic amines) is 1. The van der Waals surface area contributed by atoms with Gasteiger partial charge in [-0.05, 0) is 33.6 Å². The first-order chi connectivity index (χ1) is 9.95. The molecule has 0 spiro atoms. The highest BCUT2D eigenvalue weighted by molar-refractivity contribution is 5.98. The third-order valence-electron chi connectivity index (χ3n) is 4.02. The summed E-state index contributed by atoms with van der Waals surface area (Å²) in [5, 5.41) is 7.38. The summed E-state index contributed by atoms with van der Waals surface area (Å²) in [5.41, 5.74) is 2.55. The molecule has 0 bridgehead atoms. The standard InChI is InChI=1S/C15H24N4O2/c1-5-8-19-11(3)14(10(2)17-19)16-15(21)12(4)18-9-6-7-13(18)20/h12H,5-9H2,1-4H3,(H,16,21). The van der Waals surface area contributed by atoms with Crippen molar-refractivity contribution in [3.8, 4) is 0 Å². The van der Waals surface area contributed by atoms with E-state index < -0.39 is 6.04 Å². The van der Waals surface area contributed by atoms with Crippen LogP contribution in [-0.2, 0) is 16.1 Å². The molecule has 2 heterocycles. The second-order valence-corrected chi connectivity index (χ2v) is 5.62. The van der Waals surface area contributed by atoms with Crippen LogP contribution in [0, 0.1) is 13.8 Å². The zero-order chi connectivity index (χ0) is 15.6. The lowest BCUT2D eigenvalue weighted by atomic mass is 10.2. The third kappa shape index (κ3) is 3.09. The summed E-state index contributed by atoms with van der Waals surface area (Å²) in [4.78, 5) is 25.7. The van der Waals surface area contributed by atoms with E-state index in [4.69, 9.17) is 0 Å². The maximum absolute atomic E-state index is 12.4. The Morgan fingerprint density at radius 2 is 2.14 bits per heavy atom. The van der Waals surface area contributed by atoms with Gasteiger partial charge in [0.25, 0.3) is 0 Å². The number of aromatic nitrogens is 2. The number of nitrogens with zero attached hydrogens (tertiary/aromatic N) is 3. The van der Waals surface area contributed by atoms with Crippen LogP contribution in [-0.4, -0.2) is 39.1 Å². The predicted molar refractivity (Wildman–Crippen MR) is 81.0 cm³/mol. The Morgan fingerprint density at radius 1 is 1.43 bits per heavy atom. The van der Waals surface area contributed by atoms with E-state index in [1.807, 2.05) is 18.5 Å². The second kappa shape index (κ2) is 6.28. The molecule has 1 atom stereocenters. The minimum Gasteiger partial charge on any atom is -0.331 e. The number of carbonyl (C=O) groups is 2. The molecule has 2 rings (SSSR count). The van der Waals surface area contributed by atoms with Gasteiger partial charge in [-0.15, -0.1) is 0 Å². The molecule has 2 amide bonds. The molecule has 1 saturated heterocycles. The summed E-state index contributed by atoms with van der Waals surface area (Å²) in [6, 6.07) is -0.437. The molecule has 0 aliphatic carbocycles. The molecule has 0 aromatic carbocycles. The predicted octanol–water partition coefficient (Wildman–Crippen LogP) is 1.86. The quantitative estimate of drug-likeness (QED) is 0.900. The fourth-order valence-electron chi connectivity index (χ4n) is 2.76. The van der Waals surface area contributed by atoms with E-state index in [2.05, 4.69) is 17.3 Å². The number of hydrogen-bond acceptors (Lipinski definition) is 3. The Morgan fingerprint density at radius 3 is 2.71 bits per heavy atom. The topological polar surface area (TPSA) is 67.2 Å². The van der Waals surface area contributed by atoms with E-state index in [-0.39, 0.29) is 11.8 Å². The first-order valence-corrected chi connectivity index (χ1v) is 7.60. The Hall–Kier alpha value is -1.85. The molecule has 21 heavy (non-hydrogen) atoms. The van der Waals surface area contributed by atoms with Gasteiger partial charge in [-0.25, -0.2) is 0 Å². The molecule has 1 aliphatic rings. The number of aryl methyl sites for hydroxylation is 2. The minimum atomic E-state index is -0.437. The van der Waals surface area contributed by atoms with Gasteiger partial charge in [0, 0.05) is 19.5 Å². The Labute approximate surface area is 125 Å². The molecule has 0 radical (unpaired) electrons. The number of rotatable bonds is 5. The number of nitrogens with one attached hydrogen (secondary N) is 1. The van der Waals surface area contributed by atoms with Crippen LogP contribution in [0.3, 0.4) is 0 Å².